The molecule has 1 N–H and O–H groups in total. The second kappa shape index (κ2) is 3.65. The van der Waals surface area contributed by atoms with Crippen LogP contribution in [-0.4, -0.2) is 12.5 Å². The molecule has 0 spiro atoms. The van der Waals surface area contributed by atoms with Crippen molar-refractivity contribution in [2.24, 2.45) is 0 Å². The van der Waals surface area contributed by atoms with Crippen molar-refractivity contribution in [1.82, 2.24) is 5.32 Å². The van der Waals surface area contributed by atoms with Gasteiger partial charge in [-0.05, 0) is 0 Å². The first-order valence-corrected chi connectivity index (χ1v) is 2.66. The molecule has 1 fully saturated rings. The summed E-state index contributed by atoms with van der Waals surface area (Å²) in [5.41, 5.74) is 0. The van der Waals surface area contributed by atoms with Crippen LogP contribution in [0.3, 0.4) is 0 Å². The van der Waals surface area contributed by atoms with Gasteiger partial charge in [-0.25, -0.2) is 0 Å². The first kappa shape index (κ1) is 6.47. The summed E-state index contributed by atoms with van der Waals surface area (Å²) in [6.45, 7) is 4.89. The standard InChI is InChI=1S/C3H5NO.C2H6.H2/c5-3-1-2-4-3;1-2;/h1-2H2,(H,4,5);1-2H3;1H. The highest BCUT2D eigenvalue weighted by atomic mass is 16.2. The van der Waals surface area contributed by atoms with Crippen molar-refractivity contribution in [3.8, 4) is 0 Å². The predicted molar refractivity (Wildman–Crippen MR) is 31.1 cm³/mol. The zero-order valence-electron chi connectivity index (χ0n) is 4.82. The molecule has 0 aromatic carbocycles. The first-order valence-electron chi connectivity index (χ1n) is 2.66. The molecule has 0 unspecified atom stereocenters. The van der Waals surface area contributed by atoms with Gasteiger partial charge in [0.2, 0.25) is 5.91 Å². The molecule has 0 aromatic heterocycles. The summed E-state index contributed by atoms with van der Waals surface area (Å²) >= 11 is 0. The molecular weight excluding hydrogens is 90.1 g/mol. The summed E-state index contributed by atoms with van der Waals surface area (Å²) < 4.78 is 0. The fraction of sp³-hybridized carbons (Fsp3) is 0.800. The Balaban J connectivity index is 0. The third-order valence-corrected chi connectivity index (χ3v) is 0.674. The Morgan fingerprint density at radius 3 is 2.00 bits per heavy atom. The van der Waals surface area contributed by atoms with Crippen LogP contribution in [0.1, 0.15) is 21.7 Å². The Labute approximate surface area is 45.4 Å². The molecule has 1 rings (SSSR count). The number of nitrogens with one attached hydrogen (secondary N) is 1. The number of hydrogen-bond donors (Lipinski definition) is 1. The van der Waals surface area contributed by atoms with Gasteiger partial charge in [0.1, 0.15) is 0 Å². The number of carbonyl (C=O) groups is 1. The summed E-state index contributed by atoms with van der Waals surface area (Å²) in [6, 6.07) is 0. The molecule has 44 valence electrons. The van der Waals surface area contributed by atoms with Gasteiger partial charge in [-0.2, -0.15) is 0 Å². The van der Waals surface area contributed by atoms with E-state index in [4.69, 9.17) is 0 Å². The van der Waals surface area contributed by atoms with Crippen LogP contribution in [0.2, 0.25) is 0 Å². The van der Waals surface area contributed by atoms with Crippen LogP contribution < -0.4 is 5.32 Å². The second-order valence-corrected chi connectivity index (χ2v) is 1.10. The summed E-state index contributed by atoms with van der Waals surface area (Å²) in [6.07, 6.45) is 0.736. The van der Waals surface area contributed by atoms with E-state index >= 15 is 0 Å². The van der Waals surface area contributed by atoms with Crippen LogP contribution in [-0.2, 0) is 4.79 Å². The molecule has 0 bridgehead atoms. The van der Waals surface area contributed by atoms with Crippen LogP contribution in [0.5, 0.6) is 0 Å². The van der Waals surface area contributed by atoms with Crippen molar-refractivity contribution in [3.05, 3.63) is 0 Å². The Morgan fingerprint density at radius 2 is 2.00 bits per heavy atom. The number of β-lactam (4-membered cyclic amide) rings is 1. The average Bonchev–Trinajstić information content (AvgIpc) is 1.68. The van der Waals surface area contributed by atoms with E-state index < -0.39 is 0 Å². The van der Waals surface area contributed by atoms with Crippen LogP contribution in [0, 0.1) is 0 Å². The summed E-state index contributed by atoms with van der Waals surface area (Å²) in [7, 11) is 0. The summed E-state index contributed by atoms with van der Waals surface area (Å²) in [5.74, 6) is 0.185. The van der Waals surface area contributed by atoms with Gasteiger partial charge in [0.25, 0.3) is 0 Å². The fourth-order valence-corrected chi connectivity index (χ4v) is 0.227. The van der Waals surface area contributed by atoms with Gasteiger partial charge in [0.05, 0.1) is 0 Å². The van der Waals surface area contributed by atoms with E-state index in [1.165, 1.54) is 0 Å². The highest BCUT2D eigenvalue weighted by Gasteiger charge is 2.07. The van der Waals surface area contributed by atoms with Gasteiger partial charge >= 0.3 is 0 Å². The van der Waals surface area contributed by atoms with Crippen LogP contribution in [0.25, 0.3) is 0 Å². The molecule has 2 heteroatoms. The number of rotatable bonds is 0. The van der Waals surface area contributed by atoms with Gasteiger partial charge in [-0.3, -0.25) is 4.79 Å². The van der Waals surface area contributed by atoms with Crippen LogP contribution in [0.15, 0.2) is 0 Å². The average molecular weight is 103 g/mol. The molecular formula is C5H13NO. The first-order chi connectivity index (χ1) is 3.39. The lowest BCUT2D eigenvalue weighted by atomic mass is 10.3. The Morgan fingerprint density at radius 1 is 1.71 bits per heavy atom. The Bertz CT molecular complexity index is 59.4. The molecule has 0 saturated carbocycles. The molecule has 1 amide bonds. The van der Waals surface area contributed by atoms with Gasteiger partial charge < -0.3 is 5.32 Å². The van der Waals surface area contributed by atoms with Gasteiger partial charge in [0.15, 0.2) is 0 Å². The third kappa shape index (κ3) is 2.20. The SMILES string of the molecule is CC.O=C1CCN1.[HH]. The maximum absolute atomic E-state index is 9.79. The maximum Gasteiger partial charge on any atom is 0.221 e. The van der Waals surface area contributed by atoms with Crippen molar-refractivity contribution < 1.29 is 6.22 Å². The topological polar surface area (TPSA) is 29.1 Å². The van der Waals surface area contributed by atoms with E-state index in [1.54, 1.807) is 0 Å². The highest BCUT2D eigenvalue weighted by molar-refractivity contribution is 5.81. The van der Waals surface area contributed by atoms with Gasteiger partial charge in [0, 0.05) is 14.4 Å². The fourth-order valence-electron chi connectivity index (χ4n) is 0.227. The molecule has 7 heavy (non-hydrogen) atoms. The van der Waals surface area contributed by atoms with E-state index in [0.717, 1.165) is 13.0 Å². The van der Waals surface area contributed by atoms with Gasteiger partial charge in [-0.15, -0.1) is 0 Å². The lowest BCUT2D eigenvalue weighted by Crippen LogP contribution is -2.37. The number of amides is 1. The van der Waals surface area contributed by atoms with E-state index in [2.05, 4.69) is 5.32 Å². The minimum absolute atomic E-state index is 0. The smallest absolute Gasteiger partial charge is 0.221 e. The highest BCUT2D eigenvalue weighted by Crippen LogP contribution is 1.85. The maximum atomic E-state index is 9.79. The largest absolute Gasteiger partial charge is 0.356 e. The molecule has 0 radical (unpaired) electrons. The van der Waals surface area contributed by atoms with E-state index in [-0.39, 0.29) is 7.33 Å². The molecule has 0 atom stereocenters. The van der Waals surface area contributed by atoms with E-state index in [0.29, 0.717) is 0 Å². The Hall–Kier alpha value is -0.530. The molecule has 0 aliphatic carbocycles. The minimum Gasteiger partial charge on any atom is -0.356 e. The minimum atomic E-state index is 0. The van der Waals surface area contributed by atoms with Crippen molar-refractivity contribution in [2.75, 3.05) is 6.54 Å². The van der Waals surface area contributed by atoms with Crippen LogP contribution in [0.4, 0.5) is 0 Å². The number of hydrogen-bond acceptors (Lipinski definition) is 1. The summed E-state index contributed by atoms with van der Waals surface area (Å²) in [5, 5.41) is 2.57. The predicted octanol–water partition coefficient (Wildman–Crippen LogP) is 0.778. The van der Waals surface area contributed by atoms with E-state index in [9.17, 15) is 4.79 Å². The summed E-state index contributed by atoms with van der Waals surface area (Å²) in [4.78, 5) is 9.79. The molecule has 2 nitrogen and oxygen atoms in total. The zero-order valence-corrected chi connectivity index (χ0v) is 4.82. The molecule has 1 heterocycles. The van der Waals surface area contributed by atoms with E-state index in [1.807, 2.05) is 13.8 Å². The molecule has 0 aromatic rings. The van der Waals surface area contributed by atoms with Crippen molar-refractivity contribution >= 4 is 5.91 Å². The molecule has 1 aliphatic rings. The normalized spacial score (nSPS) is 15.4. The lowest BCUT2D eigenvalue weighted by molar-refractivity contribution is -0.125. The second-order valence-electron chi connectivity index (χ2n) is 1.10. The monoisotopic (exact) mass is 103 g/mol. The van der Waals surface area contributed by atoms with Crippen molar-refractivity contribution in [3.63, 3.8) is 0 Å². The molecule has 1 saturated heterocycles. The van der Waals surface area contributed by atoms with Crippen LogP contribution >= 0.6 is 0 Å². The number of carbonyl (C=O) groups excluding carboxylic acids is 1. The van der Waals surface area contributed by atoms with Crippen molar-refractivity contribution in [2.45, 2.75) is 20.3 Å². The quantitative estimate of drug-likeness (QED) is 0.451. The zero-order chi connectivity index (χ0) is 5.70. The lowest BCUT2D eigenvalue weighted by Gasteiger charge is -2.10. The third-order valence-electron chi connectivity index (χ3n) is 0.674. The Kier molecular flexibility index (Phi) is 3.38. The van der Waals surface area contributed by atoms with Crippen molar-refractivity contribution in [1.29, 1.82) is 0 Å². The molecule has 1 aliphatic heterocycles. The van der Waals surface area contributed by atoms with Gasteiger partial charge in [-0.1, -0.05) is 13.8 Å².